The first-order valence-corrected chi connectivity index (χ1v) is 4.55. The highest BCUT2D eigenvalue weighted by Gasteiger charge is 2.04. The summed E-state index contributed by atoms with van der Waals surface area (Å²) in [4.78, 5) is 11.2. The number of nitrogens with zero attached hydrogens (tertiary/aromatic N) is 2. The third-order valence-corrected chi connectivity index (χ3v) is 2.03. The number of Topliss-reactive ketones (excluding diaryl/α,β-unsaturated/α-hetero) is 1. The molecule has 3 nitrogen and oxygen atoms in total. The normalized spacial score (nSPS) is 9.00. The first-order valence-electron chi connectivity index (χ1n) is 4.55. The Kier molecular flexibility index (Phi) is 3.60. The van der Waals surface area contributed by atoms with Crippen LogP contribution in [0.25, 0.3) is 0 Å². The Morgan fingerprint density at radius 3 is 1.93 bits per heavy atom. The van der Waals surface area contributed by atoms with Crippen LogP contribution in [0, 0.1) is 22.7 Å². The number of ketones is 1. The van der Waals surface area contributed by atoms with Crippen LogP contribution >= 0.6 is 0 Å². The lowest BCUT2D eigenvalue weighted by Crippen LogP contribution is -1.97. The molecule has 0 aromatic heterocycles. The Balaban J connectivity index is 3.16. The molecule has 0 amide bonds. The maximum absolute atomic E-state index is 11.2. The molecule has 0 unspecified atom stereocenters. The molecular weight excluding hydrogens is 188 g/mol. The summed E-state index contributed by atoms with van der Waals surface area (Å²) >= 11 is 0. The number of hydrogen-bond donors (Lipinski definition) is 0. The van der Waals surface area contributed by atoms with Crippen molar-refractivity contribution in [3.05, 3.63) is 34.9 Å². The van der Waals surface area contributed by atoms with Gasteiger partial charge in [-0.25, -0.2) is 0 Å². The standard InChI is InChI=1S/C12H10N2O/c1-9(15)12-7-10(2-4-13)6-11(8-12)3-5-14/h6-8H,2-3H2,1H3. The van der Waals surface area contributed by atoms with Crippen LogP contribution in [0.3, 0.4) is 0 Å². The number of nitriles is 2. The zero-order valence-corrected chi connectivity index (χ0v) is 8.45. The topological polar surface area (TPSA) is 64.7 Å². The second-order valence-electron chi connectivity index (χ2n) is 3.26. The minimum Gasteiger partial charge on any atom is -0.295 e. The largest absolute Gasteiger partial charge is 0.295 e. The summed E-state index contributed by atoms with van der Waals surface area (Å²) in [7, 11) is 0. The molecule has 0 saturated carbocycles. The van der Waals surface area contributed by atoms with Crippen molar-refractivity contribution in [2.24, 2.45) is 0 Å². The molecular formula is C12H10N2O. The number of carbonyl (C=O) groups excluding carboxylic acids is 1. The van der Waals surface area contributed by atoms with Crippen molar-refractivity contribution in [3.8, 4) is 12.1 Å². The average molecular weight is 198 g/mol. The maximum atomic E-state index is 11.2. The maximum Gasteiger partial charge on any atom is 0.159 e. The summed E-state index contributed by atoms with van der Waals surface area (Å²) in [5.74, 6) is -0.0472. The molecule has 0 N–H and O–H groups in total. The molecule has 0 bridgehead atoms. The van der Waals surface area contributed by atoms with E-state index in [1.54, 1.807) is 18.2 Å². The first-order chi connectivity index (χ1) is 7.17. The number of benzene rings is 1. The van der Waals surface area contributed by atoms with E-state index in [9.17, 15) is 4.79 Å². The smallest absolute Gasteiger partial charge is 0.159 e. The third-order valence-electron chi connectivity index (χ3n) is 2.03. The summed E-state index contributed by atoms with van der Waals surface area (Å²) < 4.78 is 0. The van der Waals surface area contributed by atoms with Crippen LogP contribution < -0.4 is 0 Å². The molecule has 0 atom stereocenters. The van der Waals surface area contributed by atoms with Gasteiger partial charge in [0.1, 0.15) is 0 Å². The molecule has 15 heavy (non-hydrogen) atoms. The van der Waals surface area contributed by atoms with Gasteiger partial charge in [-0.15, -0.1) is 0 Å². The van der Waals surface area contributed by atoms with E-state index in [-0.39, 0.29) is 18.6 Å². The Labute approximate surface area is 88.6 Å². The Morgan fingerprint density at radius 2 is 1.60 bits per heavy atom. The van der Waals surface area contributed by atoms with Gasteiger partial charge in [0.05, 0.1) is 25.0 Å². The predicted molar refractivity (Wildman–Crippen MR) is 55.1 cm³/mol. The van der Waals surface area contributed by atoms with Crippen LogP contribution in [0.2, 0.25) is 0 Å². The molecule has 1 rings (SSSR count). The third kappa shape index (κ3) is 2.93. The van der Waals surface area contributed by atoms with Crippen LogP contribution in [-0.2, 0) is 12.8 Å². The molecule has 74 valence electrons. The minimum atomic E-state index is -0.0472. The lowest BCUT2D eigenvalue weighted by molar-refractivity contribution is 0.101. The Bertz CT molecular complexity index is 429. The van der Waals surface area contributed by atoms with Gasteiger partial charge in [0.25, 0.3) is 0 Å². The summed E-state index contributed by atoms with van der Waals surface area (Å²) in [6, 6.07) is 9.24. The van der Waals surface area contributed by atoms with E-state index in [1.165, 1.54) is 6.92 Å². The SMILES string of the molecule is CC(=O)c1cc(CC#N)cc(CC#N)c1. The first kappa shape index (κ1) is 10.9. The predicted octanol–water partition coefficient (Wildman–Crippen LogP) is 2.02. The second kappa shape index (κ2) is 4.93. The molecule has 1 aromatic carbocycles. The summed E-state index contributed by atoms with van der Waals surface area (Å²) in [5, 5.41) is 17.1. The van der Waals surface area contributed by atoms with Crippen LogP contribution in [0.1, 0.15) is 28.4 Å². The lowest BCUT2D eigenvalue weighted by Gasteiger charge is -2.03. The van der Waals surface area contributed by atoms with E-state index in [4.69, 9.17) is 10.5 Å². The zero-order valence-electron chi connectivity index (χ0n) is 8.45. The number of rotatable bonds is 3. The van der Waals surface area contributed by atoms with Gasteiger partial charge in [0, 0.05) is 5.56 Å². The van der Waals surface area contributed by atoms with Gasteiger partial charge in [-0.1, -0.05) is 6.07 Å². The van der Waals surface area contributed by atoms with Gasteiger partial charge in [0.2, 0.25) is 0 Å². The summed E-state index contributed by atoms with van der Waals surface area (Å²) in [6.45, 7) is 1.47. The highest BCUT2D eigenvalue weighted by Crippen LogP contribution is 2.12. The van der Waals surface area contributed by atoms with Crippen LogP contribution in [0.15, 0.2) is 18.2 Å². The van der Waals surface area contributed by atoms with E-state index in [2.05, 4.69) is 0 Å². The molecule has 3 heteroatoms. The molecule has 0 aliphatic carbocycles. The van der Waals surface area contributed by atoms with Crippen molar-refractivity contribution in [1.82, 2.24) is 0 Å². The molecule has 0 heterocycles. The van der Waals surface area contributed by atoms with Crippen molar-refractivity contribution in [2.45, 2.75) is 19.8 Å². The Hall–Kier alpha value is -2.13. The molecule has 0 saturated heterocycles. The van der Waals surface area contributed by atoms with Crippen molar-refractivity contribution >= 4 is 5.78 Å². The van der Waals surface area contributed by atoms with E-state index < -0.39 is 0 Å². The fourth-order valence-corrected chi connectivity index (χ4v) is 1.35. The Morgan fingerprint density at radius 1 is 1.13 bits per heavy atom. The van der Waals surface area contributed by atoms with Gasteiger partial charge in [0.15, 0.2) is 5.78 Å². The highest BCUT2D eigenvalue weighted by atomic mass is 16.1. The fourth-order valence-electron chi connectivity index (χ4n) is 1.35. The molecule has 0 radical (unpaired) electrons. The molecule has 0 fully saturated rings. The monoisotopic (exact) mass is 198 g/mol. The minimum absolute atomic E-state index is 0.0472. The van der Waals surface area contributed by atoms with Gasteiger partial charge >= 0.3 is 0 Å². The van der Waals surface area contributed by atoms with E-state index in [0.29, 0.717) is 5.56 Å². The van der Waals surface area contributed by atoms with Gasteiger partial charge in [-0.05, 0) is 30.2 Å². The van der Waals surface area contributed by atoms with E-state index in [1.807, 2.05) is 12.1 Å². The van der Waals surface area contributed by atoms with Crippen molar-refractivity contribution < 1.29 is 4.79 Å². The summed E-state index contributed by atoms with van der Waals surface area (Å²) in [5.41, 5.74) is 2.14. The van der Waals surface area contributed by atoms with E-state index >= 15 is 0 Å². The van der Waals surface area contributed by atoms with Gasteiger partial charge < -0.3 is 0 Å². The molecule has 0 spiro atoms. The van der Waals surface area contributed by atoms with Gasteiger partial charge in [-0.3, -0.25) is 4.79 Å². The van der Waals surface area contributed by atoms with Crippen molar-refractivity contribution in [2.75, 3.05) is 0 Å². The number of carbonyl (C=O) groups is 1. The van der Waals surface area contributed by atoms with Gasteiger partial charge in [-0.2, -0.15) is 10.5 Å². The van der Waals surface area contributed by atoms with Crippen LogP contribution in [0.4, 0.5) is 0 Å². The second-order valence-corrected chi connectivity index (χ2v) is 3.26. The number of hydrogen-bond acceptors (Lipinski definition) is 3. The quantitative estimate of drug-likeness (QED) is 0.698. The zero-order chi connectivity index (χ0) is 11.3. The lowest BCUT2D eigenvalue weighted by atomic mass is 10.0. The van der Waals surface area contributed by atoms with Crippen molar-refractivity contribution in [1.29, 1.82) is 10.5 Å². The average Bonchev–Trinajstić information content (AvgIpc) is 2.18. The fraction of sp³-hybridized carbons (Fsp3) is 0.250. The van der Waals surface area contributed by atoms with Crippen LogP contribution in [-0.4, -0.2) is 5.78 Å². The summed E-state index contributed by atoms with van der Waals surface area (Å²) in [6.07, 6.45) is 0.527. The highest BCUT2D eigenvalue weighted by molar-refractivity contribution is 5.94. The molecule has 0 aliphatic rings. The van der Waals surface area contributed by atoms with Crippen LogP contribution in [0.5, 0.6) is 0 Å². The molecule has 0 aliphatic heterocycles. The molecule has 1 aromatic rings. The van der Waals surface area contributed by atoms with Crippen molar-refractivity contribution in [3.63, 3.8) is 0 Å². The van der Waals surface area contributed by atoms with E-state index in [0.717, 1.165) is 11.1 Å².